The Morgan fingerprint density at radius 3 is 2.59 bits per heavy atom. The van der Waals surface area contributed by atoms with Crippen molar-refractivity contribution in [3.05, 3.63) is 52.2 Å². The Balaban J connectivity index is 1.47. The Labute approximate surface area is 176 Å². The van der Waals surface area contributed by atoms with E-state index in [9.17, 15) is 13.6 Å². The molecule has 2 aromatic rings. The van der Waals surface area contributed by atoms with Crippen molar-refractivity contribution in [1.29, 1.82) is 0 Å². The monoisotopic (exact) mass is 433 g/mol. The van der Waals surface area contributed by atoms with Crippen LogP contribution in [0.2, 0.25) is 0 Å². The number of rotatable bonds is 4. The summed E-state index contributed by atoms with van der Waals surface area (Å²) in [5, 5.41) is 5.40. The summed E-state index contributed by atoms with van der Waals surface area (Å²) in [6, 6.07) is 7.32. The van der Waals surface area contributed by atoms with Gasteiger partial charge >= 0.3 is 0 Å². The Hall–Kier alpha value is -2.06. The molecule has 1 aromatic carbocycles. The average molecular weight is 434 g/mol. The number of benzene rings is 1. The Kier molecular flexibility index (Phi) is 6.10. The zero-order valence-electron chi connectivity index (χ0n) is 15.8. The van der Waals surface area contributed by atoms with Gasteiger partial charge in [0.2, 0.25) is 5.91 Å². The molecular weight excluding hydrogens is 412 g/mol. The second-order valence-electron chi connectivity index (χ2n) is 7.22. The van der Waals surface area contributed by atoms with Crippen LogP contribution in [0.4, 0.5) is 14.5 Å². The first kappa shape index (κ1) is 20.2. The molecule has 1 fully saturated rings. The third-order valence-corrected chi connectivity index (χ3v) is 6.88. The van der Waals surface area contributed by atoms with Gasteiger partial charge < -0.3 is 5.32 Å². The minimum atomic E-state index is -0.988. The lowest BCUT2D eigenvalue weighted by molar-refractivity contribution is -0.113. The number of halogens is 2. The normalized spacial score (nSPS) is 18.3. The molecule has 0 unspecified atom stereocenters. The first-order valence-electron chi connectivity index (χ1n) is 9.66. The Morgan fingerprint density at radius 2 is 1.90 bits per heavy atom. The van der Waals surface area contributed by atoms with Crippen LogP contribution in [0.5, 0.6) is 0 Å². The van der Waals surface area contributed by atoms with E-state index in [0.29, 0.717) is 0 Å². The van der Waals surface area contributed by atoms with Crippen LogP contribution in [0.15, 0.2) is 45.7 Å². The van der Waals surface area contributed by atoms with E-state index >= 15 is 0 Å². The van der Waals surface area contributed by atoms with E-state index < -0.39 is 17.3 Å². The fourth-order valence-corrected chi connectivity index (χ4v) is 5.27. The van der Waals surface area contributed by atoms with Crippen molar-refractivity contribution < 1.29 is 13.6 Å². The number of nitrogens with one attached hydrogen (secondary N) is 1. The Bertz CT molecular complexity index is 949. The third kappa shape index (κ3) is 4.75. The SMILES string of the molecule is O=C(CSC1=NC2(CCCCCC2)N=C1c1cccs1)Nc1ccc(F)c(F)c1. The number of carbonyl (C=O) groups is 1. The van der Waals surface area contributed by atoms with Crippen LogP contribution < -0.4 is 5.32 Å². The molecule has 4 rings (SSSR count). The molecule has 152 valence electrons. The molecule has 1 aromatic heterocycles. The first-order valence-corrected chi connectivity index (χ1v) is 11.5. The maximum absolute atomic E-state index is 13.3. The molecule has 8 heteroatoms. The van der Waals surface area contributed by atoms with Crippen molar-refractivity contribution in [2.75, 3.05) is 11.1 Å². The summed E-state index contributed by atoms with van der Waals surface area (Å²) in [4.78, 5) is 23.4. The highest BCUT2D eigenvalue weighted by atomic mass is 32.2. The Morgan fingerprint density at radius 1 is 1.10 bits per heavy atom. The summed E-state index contributed by atoms with van der Waals surface area (Å²) in [6.07, 6.45) is 6.51. The van der Waals surface area contributed by atoms with Crippen LogP contribution in [0, 0.1) is 11.6 Å². The van der Waals surface area contributed by atoms with Gasteiger partial charge in [0.25, 0.3) is 0 Å². The van der Waals surface area contributed by atoms with Gasteiger partial charge in [0, 0.05) is 11.8 Å². The van der Waals surface area contributed by atoms with Crippen molar-refractivity contribution in [2.24, 2.45) is 9.98 Å². The van der Waals surface area contributed by atoms with Gasteiger partial charge in [0.1, 0.15) is 10.8 Å². The van der Waals surface area contributed by atoms with Gasteiger partial charge in [0.15, 0.2) is 17.3 Å². The summed E-state index contributed by atoms with van der Waals surface area (Å²) in [5.74, 6) is -2.10. The number of thioether (sulfide) groups is 1. The van der Waals surface area contributed by atoms with Crippen molar-refractivity contribution in [2.45, 2.75) is 44.2 Å². The molecule has 4 nitrogen and oxygen atoms in total. The third-order valence-electron chi connectivity index (χ3n) is 5.03. The van der Waals surface area contributed by atoms with E-state index in [1.54, 1.807) is 11.3 Å². The van der Waals surface area contributed by atoms with E-state index in [-0.39, 0.29) is 17.3 Å². The zero-order valence-corrected chi connectivity index (χ0v) is 17.4. The van der Waals surface area contributed by atoms with Gasteiger partial charge in [-0.2, -0.15) is 0 Å². The molecule has 0 radical (unpaired) electrons. The molecule has 1 N–H and O–H groups in total. The lowest BCUT2D eigenvalue weighted by Crippen LogP contribution is -2.20. The number of hydrogen-bond acceptors (Lipinski definition) is 5. The summed E-state index contributed by atoms with van der Waals surface area (Å²) >= 11 is 2.96. The van der Waals surface area contributed by atoms with Gasteiger partial charge in [-0.25, -0.2) is 13.8 Å². The summed E-state index contributed by atoms with van der Waals surface area (Å²) < 4.78 is 26.4. The van der Waals surface area contributed by atoms with E-state index in [0.717, 1.165) is 53.4 Å². The lowest BCUT2D eigenvalue weighted by atomic mass is 10.0. The predicted octanol–water partition coefficient (Wildman–Crippen LogP) is 5.65. The van der Waals surface area contributed by atoms with E-state index in [2.05, 4.69) is 5.32 Å². The van der Waals surface area contributed by atoms with Crippen LogP contribution in [-0.2, 0) is 4.79 Å². The minimum absolute atomic E-state index is 0.123. The summed E-state index contributed by atoms with van der Waals surface area (Å²) in [7, 11) is 0. The molecule has 1 aliphatic heterocycles. The van der Waals surface area contributed by atoms with Crippen LogP contribution in [0.3, 0.4) is 0 Å². The largest absolute Gasteiger partial charge is 0.325 e. The van der Waals surface area contributed by atoms with Crippen LogP contribution >= 0.6 is 23.1 Å². The molecule has 0 bridgehead atoms. The molecule has 29 heavy (non-hydrogen) atoms. The van der Waals surface area contributed by atoms with E-state index in [4.69, 9.17) is 9.98 Å². The fraction of sp³-hybridized carbons (Fsp3) is 0.381. The number of aliphatic imine (C=N–C) groups is 2. The number of hydrogen-bond donors (Lipinski definition) is 1. The molecule has 2 aliphatic rings. The van der Waals surface area contributed by atoms with Gasteiger partial charge in [0.05, 0.1) is 10.6 Å². The molecule has 1 spiro atoms. The molecule has 0 atom stereocenters. The topological polar surface area (TPSA) is 53.8 Å². The van der Waals surface area contributed by atoms with Crippen molar-refractivity contribution in [3.8, 4) is 0 Å². The second-order valence-corrected chi connectivity index (χ2v) is 9.13. The van der Waals surface area contributed by atoms with Crippen LogP contribution in [0.1, 0.15) is 43.4 Å². The number of nitrogens with zero attached hydrogens (tertiary/aromatic N) is 2. The number of amides is 1. The molecule has 0 saturated heterocycles. The maximum Gasteiger partial charge on any atom is 0.234 e. The molecule has 1 amide bonds. The van der Waals surface area contributed by atoms with Gasteiger partial charge in [-0.1, -0.05) is 30.7 Å². The maximum atomic E-state index is 13.3. The standard InChI is InChI=1S/C21H21F2N3OS2/c22-15-8-7-14(12-16(15)23)24-18(27)13-29-20-19(17-6-5-11-28-17)25-21(26-20)9-3-1-2-4-10-21/h5-8,11-12H,1-4,9-10,13H2,(H,24,27). The van der Waals surface area contributed by atoms with Crippen molar-refractivity contribution in [1.82, 2.24) is 0 Å². The molecular formula is C21H21F2N3OS2. The highest BCUT2D eigenvalue weighted by Crippen LogP contribution is 2.38. The van der Waals surface area contributed by atoms with Crippen LogP contribution in [0.25, 0.3) is 0 Å². The molecule has 2 heterocycles. The number of carbonyl (C=O) groups excluding carboxylic acids is 1. The second kappa shape index (κ2) is 8.75. The highest BCUT2D eigenvalue weighted by molar-refractivity contribution is 8.16. The van der Waals surface area contributed by atoms with E-state index in [1.165, 1.54) is 30.7 Å². The van der Waals surface area contributed by atoms with Gasteiger partial charge in [-0.3, -0.25) is 9.79 Å². The average Bonchev–Trinajstić information content (AvgIpc) is 3.28. The van der Waals surface area contributed by atoms with Crippen LogP contribution in [-0.4, -0.2) is 28.1 Å². The number of thiophene rings is 1. The zero-order chi connectivity index (χ0) is 20.3. The molecule has 1 aliphatic carbocycles. The fourth-order valence-electron chi connectivity index (χ4n) is 3.62. The van der Waals surface area contributed by atoms with Crippen molar-refractivity contribution >= 4 is 45.4 Å². The smallest absolute Gasteiger partial charge is 0.234 e. The quantitative estimate of drug-likeness (QED) is 0.677. The molecule has 1 saturated carbocycles. The highest BCUT2D eigenvalue weighted by Gasteiger charge is 2.37. The lowest BCUT2D eigenvalue weighted by Gasteiger charge is -2.20. The van der Waals surface area contributed by atoms with Gasteiger partial charge in [-0.15, -0.1) is 11.3 Å². The summed E-state index contributed by atoms with van der Waals surface area (Å²) in [5.41, 5.74) is 0.706. The van der Waals surface area contributed by atoms with Gasteiger partial charge in [-0.05, 0) is 49.3 Å². The predicted molar refractivity (Wildman–Crippen MR) is 116 cm³/mol. The first-order chi connectivity index (χ1) is 14.0. The van der Waals surface area contributed by atoms with Crippen molar-refractivity contribution in [3.63, 3.8) is 0 Å². The minimum Gasteiger partial charge on any atom is -0.325 e. The number of anilines is 1. The summed E-state index contributed by atoms with van der Waals surface area (Å²) in [6.45, 7) is 0. The van der Waals surface area contributed by atoms with E-state index in [1.807, 2.05) is 17.5 Å².